The quantitative estimate of drug-likeness (QED) is 0.139. The second kappa shape index (κ2) is 11.9. The van der Waals surface area contributed by atoms with Crippen LogP contribution >= 0.6 is 0 Å². The van der Waals surface area contributed by atoms with Gasteiger partial charge in [-0.2, -0.15) is 0 Å². The van der Waals surface area contributed by atoms with E-state index < -0.39 is 0 Å². The monoisotopic (exact) mass is 372 g/mol. The number of rotatable bonds is 10. The summed E-state index contributed by atoms with van der Waals surface area (Å²) < 4.78 is 0. The molecule has 0 bridgehead atoms. The van der Waals surface area contributed by atoms with E-state index in [9.17, 15) is 0 Å². The summed E-state index contributed by atoms with van der Waals surface area (Å²) in [5.74, 6) is 2.66. The molecule has 0 aliphatic heterocycles. The van der Waals surface area contributed by atoms with Crippen LogP contribution in [0.4, 0.5) is 0 Å². The molecular formula is C26H32N2. The molecule has 0 heterocycles. The summed E-state index contributed by atoms with van der Waals surface area (Å²) >= 11 is 0. The molecule has 2 aromatic rings. The molecule has 28 heavy (non-hydrogen) atoms. The molecule has 0 aliphatic rings. The summed E-state index contributed by atoms with van der Waals surface area (Å²) in [5.41, 5.74) is 16.4. The van der Waals surface area contributed by atoms with Crippen molar-refractivity contribution in [3.63, 3.8) is 0 Å². The highest BCUT2D eigenvalue weighted by molar-refractivity contribution is 5.85. The van der Waals surface area contributed by atoms with E-state index >= 15 is 0 Å². The van der Waals surface area contributed by atoms with Gasteiger partial charge in [-0.1, -0.05) is 87.2 Å². The summed E-state index contributed by atoms with van der Waals surface area (Å²) in [7, 11) is 0. The third-order valence-corrected chi connectivity index (χ3v) is 5.01. The zero-order chi connectivity index (χ0) is 20.2. The molecule has 0 unspecified atom stereocenters. The molecule has 0 atom stereocenters. The molecule has 0 saturated carbocycles. The van der Waals surface area contributed by atoms with Gasteiger partial charge in [-0.25, -0.2) is 0 Å². The maximum atomic E-state index is 8.96. The van der Waals surface area contributed by atoms with E-state index in [0.29, 0.717) is 0 Å². The third-order valence-electron chi connectivity index (χ3n) is 5.01. The Morgan fingerprint density at radius 3 is 2.36 bits per heavy atom. The molecule has 0 amide bonds. The van der Waals surface area contributed by atoms with Gasteiger partial charge in [0.1, 0.15) is 0 Å². The van der Waals surface area contributed by atoms with Gasteiger partial charge in [-0.3, -0.25) is 0 Å². The van der Waals surface area contributed by atoms with E-state index in [2.05, 4.69) is 80.0 Å². The number of aryl methyl sites for hydroxylation is 2. The second-order valence-electron chi connectivity index (χ2n) is 7.40. The van der Waals surface area contributed by atoms with Crippen LogP contribution in [0.5, 0.6) is 0 Å². The normalized spacial score (nSPS) is 11.4. The van der Waals surface area contributed by atoms with Crippen molar-refractivity contribution in [2.45, 2.75) is 65.7 Å². The SMILES string of the molecule is CCCCCC(C=C=[N+]=[N-])=C(c1cccc(C)c1)c1cccc(CCCC)c1. The topological polar surface area (TPSA) is 36.4 Å². The lowest BCUT2D eigenvalue weighted by Crippen LogP contribution is -1.97. The maximum absolute atomic E-state index is 8.96. The molecule has 0 aliphatic carbocycles. The highest BCUT2D eigenvalue weighted by atomic mass is 14.8. The molecule has 0 radical (unpaired) electrons. The molecule has 2 rings (SSSR count). The molecule has 146 valence electrons. The number of hydrogen-bond acceptors (Lipinski definition) is 0. The van der Waals surface area contributed by atoms with Crippen LogP contribution in [0.3, 0.4) is 0 Å². The van der Waals surface area contributed by atoms with E-state index in [0.717, 1.165) is 19.3 Å². The van der Waals surface area contributed by atoms with Gasteiger partial charge in [0.05, 0.1) is 6.08 Å². The lowest BCUT2D eigenvalue weighted by Gasteiger charge is -2.15. The van der Waals surface area contributed by atoms with Gasteiger partial charge in [-0.05, 0) is 60.4 Å². The average molecular weight is 373 g/mol. The molecular weight excluding hydrogens is 340 g/mol. The van der Waals surface area contributed by atoms with E-state index in [1.165, 1.54) is 59.1 Å². The van der Waals surface area contributed by atoms with Crippen LogP contribution < -0.4 is 0 Å². The van der Waals surface area contributed by atoms with E-state index in [-0.39, 0.29) is 0 Å². The van der Waals surface area contributed by atoms with Gasteiger partial charge in [0.2, 0.25) is 0 Å². The van der Waals surface area contributed by atoms with E-state index in [4.69, 9.17) is 5.53 Å². The summed E-state index contributed by atoms with van der Waals surface area (Å²) in [4.78, 5) is 3.11. The first kappa shape index (κ1) is 21.6. The lowest BCUT2D eigenvalue weighted by molar-refractivity contribution is 0.00800. The first-order valence-electron chi connectivity index (χ1n) is 10.5. The Hall–Kier alpha value is -2.66. The van der Waals surface area contributed by atoms with Crippen LogP contribution in [0.25, 0.3) is 11.1 Å². The lowest BCUT2D eigenvalue weighted by atomic mass is 9.88. The van der Waals surface area contributed by atoms with Gasteiger partial charge in [-0.15, -0.1) is 4.79 Å². The highest BCUT2D eigenvalue weighted by Crippen LogP contribution is 2.31. The zero-order valence-corrected chi connectivity index (χ0v) is 17.5. The molecule has 2 aromatic carbocycles. The van der Waals surface area contributed by atoms with Gasteiger partial charge < -0.3 is 5.53 Å². The van der Waals surface area contributed by atoms with E-state index in [1.807, 2.05) is 6.08 Å². The van der Waals surface area contributed by atoms with Crippen LogP contribution in [0.1, 0.15) is 74.6 Å². The molecule has 2 heteroatoms. The molecule has 0 aromatic heterocycles. The number of benzene rings is 2. The van der Waals surface area contributed by atoms with Crippen LogP contribution in [0.2, 0.25) is 0 Å². The van der Waals surface area contributed by atoms with Crippen molar-refractivity contribution in [2.24, 2.45) is 0 Å². The largest absolute Gasteiger partial charge is 0.348 e. The number of hydrogen-bond donors (Lipinski definition) is 0. The fourth-order valence-corrected chi connectivity index (χ4v) is 3.54. The minimum atomic E-state index is 0.943. The fraction of sp³-hybridized carbons (Fsp3) is 0.385. The predicted molar refractivity (Wildman–Crippen MR) is 120 cm³/mol. The standard InChI is InChI=1S/C26H32N2/c1-4-6-8-14-23(17-18-28-27)26(24-15-9-11-21(3)19-24)25-16-10-13-22(20-25)12-7-5-2/h9-11,13,15-17,19-20H,4-8,12,14H2,1-3H3. The van der Waals surface area contributed by atoms with Crippen molar-refractivity contribution in [2.75, 3.05) is 0 Å². The zero-order valence-electron chi connectivity index (χ0n) is 17.5. The molecule has 0 fully saturated rings. The fourth-order valence-electron chi connectivity index (χ4n) is 3.54. The third kappa shape index (κ3) is 6.50. The minimum Gasteiger partial charge on any atom is -0.348 e. The van der Waals surface area contributed by atoms with Crippen molar-refractivity contribution in [1.29, 1.82) is 0 Å². The van der Waals surface area contributed by atoms with Gasteiger partial charge in [0.25, 0.3) is 5.87 Å². The van der Waals surface area contributed by atoms with Crippen molar-refractivity contribution in [1.82, 2.24) is 0 Å². The Labute approximate surface area is 170 Å². The van der Waals surface area contributed by atoms with Gasteiger partial charge in [0.15, 0.2) is 0 Å². The van der Waals surface area contributed by atoms with Crippen LogP contribution in [-0.2, 0) is 6.42 Å². The van der Waals surface area contributed by atoms with Crippen molar-refractivity contribution in [3.05, 3.63) is 88.0 Å². The van der Waals surface area contributed by atoms with Gasteiger partial charge in [0, 0.05) is 0 Å². The Morgan fingerprint density at radius 1 is 0.964 bits per heavy atom. The molecule has 0 spiro atoms. The minimum absolute atomic E-state index is 0.943. The van der Waals surface area contributed by atoms with Crippen molar-refractivity contribution < 1.29 is 4.79 Å². The number of nitrogens with zero attached hydrogens (tertiary/aromatic N) is 2. The van der Waals surface area contributed by atoms with Crippen LogP contribution in [0, 0.1) is 6.92 Å². The van der Waals surface area contributed by atoms with Crippen LogP contribution in [0.15, 0.2) is 60.2 Å². The predicted octanol–water partition coefficient (Wildman–Crippen LogP) is 7.18. The maximum Gasteiger partial charge on any atom is 0.299 e. The summed E-state index contributed by atoms with van der Waals surface area (Å²) in [5, 5.41) is 0. The molecule has 0 saturated heterocycles. The Kier molecular flexibility index (Phi) is 9.22. The van der Waals surface area contributed by atoms with Crippen molar-refractivity contribution in [3.8, 4) is 0 Å². The van der Waals surface area contributed by atoms with Gasteiger partial charge >= 0.3 is 0 Å². The Bertz CT molecular complexity index is 879. The molecule has 0 N–H and O–H groups in total. The number of unbranched alkanes of at least 4 members (excludes halogenated alkanes) is 3. The van der Waals surface area contributed by atoms with E-state index in [1.54, 1.807) is 0 Å². The van der Waals surface area contributed by atoms with Crippen molar-refractivity contribution >= 4 is 11.4 Å². The first-order chi connectivity index (χ1) is 13.7. The summed E-state index contributed by atoms with van der Waals surface area (Å²) in [6.45, 7) is 6.57. The highest BCUT2D eigenvalue weighted by Gasteiger charge is 2.12. The second-order valence-corrected chi connectivity index (χ2v) is 7.40. The summed E-state index contributed by atoms with van der Waals surface area (Å²) in [6, 6.07) is 17.5. The molecule has 2 nitrogen and oxygen atoms in total. The smallest absolute Gasteiger partial charge is 0.299 e. The number of allylic oxidation sites excluding steroid dienone is 2. The van der Waals surface area contributed by atoms with Crippen LogP contribution in [-0.4, -0.2) is 10.7 Å². The Balaban J connectivity index is 2.63. The summed E-state index contributed by atoms with van der Waals surface area (Å²) in [6.07, 6.45) is 9.76. The average Bonchev–Trinajstić information content (AvgIpc) is 2.71. The first-order valence-corrected chi connectivity index (χ1v) is 10.5. The Morgan fingerprint density at radius 2 is 1.68 bits per heavy atom.